The fraction of sp³-hybridized carbons (Fsp3) is 0.682. The van der Waals surface area contributed by atoms with Crippen LogP contribution < -0.4 is 5.73 Å². The van der Waals surface area contributed by atoms with Crippen LogP contribution in [-0.4, -0.2) is 37.6 Å². The quantitative estimate of drug-likeness (QED) is 0.718. The van der Waals surface area contributed by atoms with Gasteiger partial charge in [-0.1, -0.05) is 45.7 Å². The van der Waals surface area contributed by atoms with Gasteiger partial charge in [0, 0.05) is 25.1 Å². The van der Waals surface area contributed by atoms with Crippen LogP contribution in [0.4, 0.5) is 0 Å². The maximum atomic E-state index is 11.7. The van der Waals surface area contributed by atoms with Crippen LogP contribution in [0.25, 0.3) is 0 Å². The second-order valence-electron chi connectivity index (χ2n) is 7.72. The molecule has 3 unspecified atom stereocenters. The molecule has 2 rings (SSSR count). The molecular formula is C22H36N2O2. The minimum absolute atomic E-state index is 0.358. The van der Waals surface area contributed by atoms with Crippen molar-refractivity contribution in [3.63, 3.8) is 0 Å². The zero-order chi connectivity index (χ0) is 19.2. The van der Waals surface area contributed by atoms with Crippen molar-refractivity contribution in [2.24, 2.45) is 17.6 Å². The molecule has 26 heavy (non-hydrogen) atoms. The second kappa shape index (κ2) is 9.52. The number of amides is 1. The van der Waals surface area contributed by atoms with E-state index in [0.29, 0.717) is 17.4 Å². The first-order valence-corrected chi connectivity index (χ1v) is 10.2. The van der Waals surface area contributed by atoms with Crippen molar-refractivity contribution in [1.29, 1.82) is 0 Å². The summed E-state index contributed by atoms with van der Waals surface area (Å²) >= 11 is 0. The number of unbranched alkanes of at least 4 members (excludes halogenated alkanes) is 1. The Morgan fingerprint density at radius 1 is 1.35 bits per heavy atom. The summed E-state index contributed by atoms with van der Waals surface area (Å²) in [5.41, 5.74) is 6.84. The summed E-state index contributed by atoms with van der Waals surface area (Å²) in [5, 5.41) is 0. The maximum Gasteiger partial charge on any atom is 0.248 e. The number of carbonyl (C=O) groups excluding carboxylic acids is 1. The Kier molecular flexibility index (Phi) is 7.66. The summed E-state index contributed by atoms with van der Waals surface area (Å²) in [5.74, 6) is 0.437. The number of carbonyl (C=O) groups is 1. The van der Waals surface area contributed by atoms with Crippen LogP contribution in [-0.2, 0) is 10.3 Å². The van der Waals surface area contributed by atoms with E-state index >= 15 is 0 Å². The van der Waals surface area contributed by atoms with Crippen LogP contribution in [0.3, 0.4) is 0 Å². The number of primary amides is 1. The zero-order valence-electron chi connectivity index (χ0n) is 17.0. The average Bonchev–Trinajstić information content (AvgIpc) is 2.65. The van der Waals surface area contributed by atoms with E-state index in [9.17, 15) is 4.79 Å². The van der Waals surface area contributed by atoms with Gasteiger partial charge in [-0.15, -0.1) is 0 Å². The van der Waals surface area contributed by atoms with Crippen molar-refractivity contribution >= 4 is 5.91 Å². The Morgan fingerprint density at radius 2 is 2.12 bits per heavy atom. The van der Waals surface area contributed by atoms with Crippen LogP contribution >= 0.6 is 0 Å². The molecule has 1 amide bonds. The monoisotopic (exact) mass is 360 g/mol. The number of hydrogen-bond acceptors (Lipinski definition) is 3. The van der Waals surface area contributed by atoms with Gasteiger partial charge in [-0.05, 0) is 56.0 Å². The summed E-state index contributed by atoms with van der Waals surface area (Å²) < 4.78 is 6.30. The van der Waals surface area contributed by atoms with Crippen molar-refractivity contribution in [1.82, 2.24) is 4.90 Å². The molecule has 1 aliphatic carbocycles. The first-order valence-electron chi connectivity index (χ1n) is 10.2. The summed E-state index contributed by atoms with van der Waals surface area (Å²) in [7, 11) is 1.83. The molecule has 0 aliphatic heterocycles. The molecule has 0 saturated heterocycles. The second-order valence-corrected chi connectivity index (χ2v) is 7.72. The predicted octanol–water partition coefficient (Wildman–Crippen LogP) is 4.19. The largest absolute Gasteiger partial charge is 0.373 e. The Bertz CT molecular complexity index is 589. The van der Waals surface area contributed by atoms with Crippen molar-refractivity contribution in [2.45, 2.75) is 58.5 Å². The van der Waals surface area contributed by atoms with E-state index in [1.54, 1.807) is 6.07 Å². The number of nitrogens with zero attached hydrogens (tertiary/aromatic N) is 1. The first-order chi connectivity index (χ1) is 12.5. The lowest BCUT2D eigenvalue weighted by molar-refractivity contribution is -0.132. The zero-order valence-corrected chi connectivity index (χ0v) is 17.0. The molecule has 1 aromatic rings. The molecule has 4 nitrogen and oxygen atoms in total. The molecule has 0 heterocycles. The van der Waals surface area contributed by atoms with E-state index < -0.39 is 0 Å². The molecule has 1 fully saturated rings. The Balaban J connectivity index is 2.38. The van der Waals surface area contributed by atoms with Gasteiger partial charge in [0.15, 0.2) is 0 Å². The maximum absolute atomic E-state index is 11.7. The van der Waals surface area contributed by atoms with Crippen LogP contribution in [0.2, 0.25) is 0 Å². The molecule has 1 saturated carbocycles. The van der Waals surface area contributed by atoms with Gasteiger partial charge in [0.05, 0.1) is 5.60 Å². The van der Waals surface area contributed by atoms with Gasteiger partial charge in [-0.25, -0.2) is 0 Å². The molecular weight excluding hydrogens is 324 g/mol. The normalized spacial score (nSPS) is 26.2. The summed E-state index contributed by atoms with van der Waals surface area (Å²) in [6.07, 6.45) is 5.98. The average molecular weight is 361 g/mol. The van der Waals surface area contributed by atoms with E-state index in [1.807, 2.05) is 19.2 Å². The number of nitrogens with two attached hydrogens (primary N) is 1. The van der Waals surface area contributed by atoms with Gasteiger partial charge in [-0.2, -0.15) is 0 Å². The number of ether oxygens (including phenoxy) is 1. The third-order valence-corrected chi connectivity index (χ3v) is 6.22. The van der Waals surface area contributed by atoms with Gasteiger partial charge in [0.2, 0.25) is 5.91 Å². The summed E-state index contributed by atoms with van der Waals surface area (Å²) in [6, 6.07) is 7.77. The predicted molar refractivity (Wildman–Crippen MR) is 107 cm³/mol. The SMILES string of the molecule is CCCCN(CC)CC1CCCC(C)C1(OC)c1cccc(C(N)=O)c1. The highest BCUT2D eigenvalue weighted by molar-refractivity contribution is 5.92. The van der Waals surface area contributed by atoms with E-state index in [1.165, 1.54) is 19.3 Å². The molecule has 0 bridgehead atoms. The van der Waals surface area contributed by atoms with E-state index in [0.717, 1.165) is 38.0 Å². The fourth-order valence-electron chi connectivity index (χ4n) is 4.72. The number of hydrogen-bond donors (Lipinski definition) is 1. The third-order valence-electron chi connectivity index (χ3n) is 6.22. The summed E-state index contributed by atoms with van der Waals surface area (Å²) in [6.45, 7) is 10.0. The lowest BCUT2D eigenvalue weighted by atomic mass is 9.65. The van der Waals surface area contributed by atoms with E-state index in [-0.39, 0.29) is 11.5 Å². The third kappa shape index (κ3) is 4.29. The summed E-state index contributed by atoms with van der Waals surface area (Å²) in [4.78, 5) is 14.3. The molecule has 0 radical (unpaired) electrons. The van der Waals surface area contributed by atoms with Gasteiger partial charge in [0.1, 0.15) is 0 Å². The fourth-order valence-corrected chi connectivity index (χ4v) is 4.72. The molecule has 1 aliphatic rings. The minimum atomic E-state index is -0.378. The topological polar surface area (TPSA) is 55.6 Å². The Hall–Kier alpha value is -1.39. The van der Waals surface area contributed by atoms with Crippen molar-refractivity contribution in [2.75, 3.05) is 26.7 Å². The van der Waals surface area contributed by atoms with Crippen molar-refractivity contribution in [3.05, 3.63) is 35.4 Å². The molecule has 4 heteroatoms. The number of methoxy groups -OCH3 is 1. The highest BCUT2D eigenvalue weighted by Crippen LogP contribution is 2.48. The van der Waals surface area contributed by atoms with Crippen LogP contribution in [0.5, 0.6) is 0 Å². The molecule has 3 atom stereocenters. The van der Waals surface area contributed by atoms with Gasteiger partial charge < -0.3 is 15.4 Å². The molecule has 146 valence electrons. The lowest BCUT2D eigenvalue weighted by Gasteiger charge is -2.49. The smallest absolute Gasteiger partial charge is 0.248 e. The highest BCUT2D eigenvalue weighted by Gasteiger charge is 2.47. The minimum Gasteiger partial charge on any atom is -0.373 e. The first kappa shape index (κ1) is 20.9. The van der Waals surface area contributed by atoms with Crippen LogP contribution in [0, 0.1) is 11.8 Å². The lowest BCUT2D eigenvalue weighted by Crippen LogP contribution is -2.50. The molecule has 0 spiro atoms. The van der Waals surface area contributed by atoms with E-state index in [2.05, 4.69) is 31.7 Å². The van der Waals surface area contributed by atoms with Crippen LogP contribution in [0.15, 0.2) is 24.3 Å². The van der Waals surface area contributed by atoms with Gasteiger partial charge in [-0.3, -0.25) is 4.79 Å². The van der Waals surface area contributed by atoms with E-state index in [4.69, 9.17) is 10.5 Å². The van der Waals surface area contributed by atoms with Crippen molar-refractivity contribution < 1.29 is 9.53 Å². The standard InChI is InChI=1S/C22H36N2O2/c1-5-7-14-24(6-2)16-20-13-8-10-17(3)22(20,26-4)19-12-9-11-18(15-19)21(23)25/h9,11-12,15,17,20H,5-8,10,13-14,16H2,1-4H3,(H2,23,25). The Morgan fingerprint density at radius 3 is 2.73 bits per heavy atom. The number of rotatable bonds is 9. The molecule has 2 N–H and O–H groups in total. The van der Waals surface area contributed by atoms with Gasteiger partial charge in [0.25, 0.3) is 0 Å². The van der Waals surface area contributed by atoms with Gasteiger partial charge >= 0.3 is 0 Å². The van der Waals surface area contributed by atoms with Crippen molar-refractivity contribution in [3.8, 4) is 0 Å². The number of benzene rings is 1. The Labute approximate surface area is 159 Å². The molecule has 0 aromatic heterocycles. The molecule has 1 aromatic carbocycles. The highest BCUT2D eigenvalue weighted by atomic mass is 16.5. The van der Waals surface area contributed by atoms with Crippen LogP contribution in [0.1, 0.15) is 68.8 Å².